The van der Waals surface area contributed by atoms with Crippen molar-refractivity contribution in [2.24, 2.45) is 0 Å². The maximum absolute atomic E-state index is 10.9. The molecule has 1 aromatic heterocycles. The molecule has 0 radical (unpaired) electrons. The Morgan fingerprint density at radius 3 is 1.96 bits per heavy atom. The van der Waals surface area contributed by atoms with Crippen LogP contribution in [0.2, 0.25) is 0 Å². The summed E-state index contributed by atoms with van der Waals surface area (Å²) in [6, 6.07) is 8.82. The smallest absolute Gasteiger partial charge is 0.209 e. The van der Waals surface area contributed by atoms with Gasteiger partial charge < -0.3 is 34.8 Å². The maximum Gasteiger partial charge on any atom is 0.209 e. The molecule has 8 heteroatoms. The fraction of sp³-hybridized carbons (Fsp3) is 0.100. The van der Waals surface area contributed by atoms with Gasteiger partial charge in [0.25, 0.3) is 0 Å². The zero-order valence-corrected chi connectivity index (χ0v) is 16.4. The number of ether oxygens (including phenoxy) is 1. The van der Waals surface area contributed by atoms with Crippen LogP contribution in [-0.2, 0) is 0 Å². The highest BCUT2D eigenvalue weighted by Gasteiger charge is 2.30. The molecule has 7 nitrogen and oxygen atoms in total. The molecule has 0 aliphatic rings. The number of phenolic OH excluding ortho intramolecular Hbond substituents is 5. The van der Waals surface area contributed by atoms with Gasteiger partial charge in [0.1, 0.15) is 22.5 Å². The summed E-state index contributed by atoms with van der Waals surface area (Å²) in [6.07, 6.45) is 0. The highest BCUT2D eigenvalue weighted by atomic mass is 79.9. The molecule has 0 saturated carbocycles. The number of methoxy groups -OCH3 is 1. The van der Waals surface area contributed by atoms with Crippen molar-refractivity contribution in [1.82, 2.24) is 4.57 Å². The normalized spacial score (nSPS) is 11.4. The van der Waals surface area contributed by atoms with Crippen molar-refractivity contribution in [1.29, 1.82) is 0 Å². The Balaban J connectivity index is 2.44. The predicted octanol–water partition coefficient (Wildman–Crippen LogP) is 4.39. The molecule has 144 valence electrons. The first-order chi connectivity index (χ1) is 13.3. The van der Waals surface area contributed by atoms with E-state index in [9.17, 15) is 25.5 Å². The molecule has 3 aromatic carbocycles. The van der Waals surface area contributed by atoms with Gasteiger partial charge in [-0.05, 0) is 35.0 Å². The highest BCUT2D eigenvalue weighted by molar-refractivity contribution is 9.10. The lowest BCUT2D eigenvalue weighted by molar-refractivity contribution is 0.333. The van der Waals surface area contributed by atoms with Crippen LogP contribution in [0.15, 0.2) is 34.8 Å². The van der Waals surface area contributed by atoms with E-state index < -0.39 is 17.2 Å². The van der Waals surface area contributed by atoms with Crippen LogP contribution in [0, 0.1) is 6.92 Å². The first-order valence-corrected chi connectivity index (χ1v) is 9.04. The van der Waals surface area contributed by atoms with E-state index in [1.165, 1.54) is 11.7 Å². The SMILES string of the molecule is COc1c(O)c(O)c2c3c(O)c(Br)c(C)c(O)c3n(-c3ccccc3)c2c1O. The van der Waals surface area contributed by atoms with Gasteiger partial charge in [0.05, 0.1) is 22.4 Å². The van der Waals surface area contributed by atoms with E-state index in [0.717, 1.165) is 0 Å². The number of halogens is 1. The number of hydrogen-bond acceptors (Lipinski definition) is 6. The topological polar surface area (TPSA) is 115 Å². The number of hydrogen-bond donors (Lipinski definition) is 5. The van der Waals surface area contributed by atoms with Crippen LogP contribution in [0.5, 0.6) is 34.5 Å². The monoisotopic (exact) mass is 445 g/mol. The Bertz CT molecular complexity index is 1260. The fourth-order valence-corrected chi connectivity index (χ4v) is 3.91. The number of aromatic hydroxyl groups is 5. The zero-order chi connectivity index (χ0) is 20.3. The van der Waals surface area contributed by atoms with E-state index in [4.69, 9.17) is 4.74 Å². The van der Waals surface area contributed by atoms with Crippen LogP contribution in [0.1, 0.15) is 5.56 Å². The quantitative estimate of drug-likeness (QED) is 0.231. The summed E-state index contributed by atoms with van der Waals surface area (Å²) >= 11 is 3.24. The second-order valence-electron chi connectivity index (χ2n) is 6.33. The van der Waals surface area contributed by atoms with Crippen molar-refractivity contribution >= 4 is 37.7 Å². The molecule has 0 spiro atoms. The molecule has 0 aliphatic carbocycles. The Morgan fingerprint density at radius 1 is 0.786 bits per heavy atom. The average Bonchev–Trinajstić information content (AvgIpc) is 3.06. The van der Waals surface area contributed by atoms with Crippen molar-refractivity contribution in [3.05, 3.63) is 40.4 Å². The zero-order valence-electron chi connectivity index (χ0n) is 14.9. The predicted molar refractivity (Wildman–Crippen MR) is 108 cm³/mol. The fourth-order valence-electron chi connectivity index (χ4n) is 3.53. The maximum atomic E-state index is 10.9. The standard InChI is InChI=1S/C20H16BrNO6/c1-8-12(21)16(24)10-11-14(18(26)20(28-2)19(27)17(11)25)22(13(10)15(8)23)9-6-4-3-5-7-9/h3-7,23-27H,1-2H3. The summed E-state index contributed by atoms with van der Waals surface area (Å²) in [6.45, 7) is 1.61. The van der Waals surface area contributed by atoms with Gasteiger partial charge in [-0.3, -0.25) is 0 Å². The van der Waals surface area contributed by atoms with Crippen LogP contribution >= 0.6 is 15.9 Å². The van der Waals surface area contributed by atoms with Gasteiger partial charge in [-0.1, -0.05) is 18.2 Å². The minimum absolute atomic E-state index is 0.0249. The van der Waals surface area contributed by atoms with Crippen molar-refractivity contribution in [2.45, 2.75) is 6.92 Å². The molecule has 28 heavy (non-hydrogen) atoms. The van der Waals surface area contributed by atoms with Crippen LogP contribution in [0.25, 0.3) is 27.5 Å². The summed E-state index contributed by atoms with van der Waals surface area (Å²) in [5.41, 5.74) is 1.16. The molecule has 4 aromatic rings. The summed E-state index contributed by atoms with van der Waals surface area (Å²) in [5, 5.41) is 53.5. The number of nitrogens with zero attached hydrogens (tertiary/aromatic N) is 1. The van der Waals surface area contributed by atoms with Gasteiger partial charge in [-0.25, -0.2) is 0 Å². The molecule has 0 fully saturated rings. The lowest BCUT2D eigenvalue weighted by Gasteiger charge is -2.13. The average molecular weight is 446 g/mol. The van der Waals surface area contributed by atoms with Gasteiger partial charge in [0.2, 0.25) is 11.5 Å². The van der Waals surface area contributed by atoms with Gasteiger partial charge in [0.15, 0.2) is 11.5 Å². The number of aromatic nitrogens is 1. The van der Waals surface area contributed by atoms with Gasteiger partial charge in [0, 0.05) is 11.3 Å². The van der Waals surface area contributed by atoms with Gasteiger partial charge in [-0.2, -0.15) is 0 Å². The van der Waals surface area contributed by atoms with E-state index >= 15 is 0 Å². The molecule has 0 amide bonds. The molecular weight excluding hydrogens is 430 g/mol. The van der Waals surface area contributed by atoms with Crippen molar-refractivity contribution < 1.29 is 30.3 Å². The van der Waals surface area contributed by atoms with Gasteiger partial charge >= 0.3 is 0 Å². The summed E-state index contributed by atoms with van der Waals surface area (Å²) < 4.78 is 6.78. The lowest BCUT2D eigenvalue weighted by atomic mass is 10.1. The number of benzene rings is 3. The molecule has 0 saturated heterocycles. The first-order valence-electron chi connectivity index (χ1n) is 8.25. The molecule has 0 bridgehead atoms. The van der Waals surface area contributed by atoms with Crippen LogP contribution in [-0.4, -0.2) is 37.2 Å². The highest BCUT2D eigenvalue weighted by Crippen LogP contribution is 2.57. The van der Waals surface area contributed by atoms with Crippen molar-refractivity contribution in [3.8, 4) is 40.2 Å². The summed E-state index contributed by atoms with van der Waals surface area (Å²) in [5.74, 6) is -2.42. The third-order valence-corrected chi connectivity index (χ3v) is 5.83. The van der Waals surface area contributed by atoms with Crippen molar-refractivity contribution in [3.63, 3.8) is 0 Å². The third-order valence-electron chi connectivity index (χ3n) is 4.86. The van der Waals surface area contributed by atoms with E-state index in [-0.39, 0.29) is 43.5 Å². The van der Waals surface area contributed by atoms with Gasteiger partial charge in [-0.15, -0.1) is 0 Å². The molecule has 1 heterocycles. The Morgan fingerprint density at radius 2 is 1.36 bits per heavy atom. The first kappa shape index (κ1) is 18.1. The number of phenols is 5. The van der Waals surface area contributed by atoms with Crippen LogP contribution < -0.4 is 4.74 Å². The molecular formula is C20H16BrNO6. The number of para-hydroxylation sites is 1. The second-order valence-corrected chi connectivity index (χ2v) is 7.13. The number of fused-ring (bicyclic) bond motifs is 3. The van der Waals surface area contributed by atoms with E-state index in [2.05, 4.69) is 15.9 Å². The minimum atomic E-state index is -0.671. The minimum Gasteiger partial charge on any atom is -0.506 e. The Labute approximate surface area is 167 Å². The summed E-state index contributed by atoms with van der Waals surface area (Å²) in [7, 11) is 1.24. The Kier molecular flexibility index (Phi) is 3.97. The van der Waals surface area contributed by atoms with E-state index in [0.29, 0.717) is 11.3 Å². The van der Waals surface area contributed by atoms with E-state index in [1.54, 1.807) is 37.3 Å². The number of rotatable bonds is 2. The third kappa shape index (κ3) is 2.15. The molecule has 4 rings (SSSR count). The van der Waals surface area contributed by atoms with Crippen LogP contribution in [0.4, 0.5) is 0 Å². The summed E-state index contributed by atoms with van der Waals surface area (Å²) in [4.78, 5) is 0. The Hall–Kier alpha value is -3.26. The van der Waals surface area contributed by atoms with E-state index in [1.807, 2.05) is 0 Å². The largest absolute Gasteiger partial charge is 0.506 e. The lowest BCUT2D eigenvalue weighted by Crippen LogP contribution is -1.96. The second kappa shape index (κ2) is 6.13. The molecule has 0 atom stereocenters. The molecule has 5 N–H and O–H groups in total. The molecule has 0 aliphatic heterocycles. The molecule has 0 unspecified atom stereocenters. The van der Waals surface area contributed by atoms with Crippen LogP contribution in [0.3, 0.4) is 0 Å². The van der Waals surface area contributed by atoms with Crippen molar-refractivity contribution in [2.75, 3.05) is 7.11 Å².